The molecule has 2 aliphatic carbocycles. The number of alkyl halides is 1. The Hall–Kier alpha value is -6.29. The Morgan fingerprint density at radius 2 is 1.22 bits per heavy atom. The summed E-state index contributed by atoms with van der Waals surface area (Å²) >= 11 is 0. The van der Waals surface area contributed by atoms with E-state index in [2.05, 4.69) is 179 Å². The third kappa shape index (κ3) is 7.23. The lowest BCUT2D eigenvalue weighted by Crippen LogP contribution is -2.04. The third-order valence-corrected chi connectivity index (χ3v) is 12.8. The lowest BCUT2D eigenvalue weighted by molar-refractivity contribution is 0.402. The summed E-state index contributed by atoms with van der Waals surface area (Å²) in [7, 11) is 1.79. The highest BCUT2D eigenvalue weighted by molar-refractivity contribution is 7.97. The molecule has 2 heterocycles. The van der Waals surface area contributed by atoms with Crippen molar-refractivity contribution in [3.63, 3.8) is 0 Å². The first-order chi connectivity index (χ1) is 28.6. The lowest BCUT2D eigenvalue weighted by Gasteiger charge is -2.20. The van der Waals surface area contributed by atoms with Gasteiger partial charge in [0.25, 0.3) is 0 Å². The molecular weight excluding hydrogens is 726 g/mol. The van der Waals surface area contributed by atoms with Crippen molar-refractivity contribution < 1.29 is 4.39 Å². The van der Waals surface area contributed by atoms with Gasteiger partial charge in [-0.1, -0.05) is 158 Å². The second kappa shape index (κ2) is 15.9. The molecule has 0 amide bonds. The monoisotopic (exact) mass is 769 g/mol. The quantitative estimate of drug-likeness (QED) is 0.122. The van der Waals surface area contributed by atoms with Crippen LogP contribution >= 0.6 is 10.9 Å². The van der Waals surface area contributed by atoms with E-state index in [0.717, 1.165) is 36.8 Å². The van der Waals surface area contributed by atoms with E-state index in [1.54, 1.807) is 17.0 Å². The summed E-state index contributed by atoms with van der Waals surface area (Å²) in [6.07, 6.45) is 13.9. The Kier molecular flexibility index (Phi) is 9.90. The average molecular weight is 770 g/mol. The highest BCUT2D eigenvalue weighted by Crippen LogP contribution is 2.36. The number of halogens is 1. The SMILES string of the molecule is FC1C=CC(c2ccc([C@H](CCc3ccc(-c4cccc(-n5c6c(c7c5C=CCC7)C=S=C6)c4)cc3)c3ccc(-c4ccc(-c5ccccc5)cc4)cc3)cc2)=CC1. The maximum absolute atomic E-state index is 13.8. The molecule has 0 radical (unpaired) electrons. The van der Waals surface area contributed by atoms with Crippen LogP contribution in [0.15, 0.2) is 176 Å². The number of allylic oxidation sites excluding steroid dienone is 5. The molecule has 0 N–H and O–H groups in total. The van der Waals surface area contributed by atoms with Gasteiger partial charge in [0.2, 0.25) is 0 Å². The molecule has 0 spiro atoms. The van der Waals surface area contributed by atoms with Gasteiger partial charge in [0.05, 0.1) is 5.69 Å². The van der Waals surface area contributed by atoms with Gasteiger partial charge in [-0.25, -0.2) is 4.39 Å². The predicted molar refractivity (Wildman–Crippen MR) is 247 cm³/mol. The molecule has 10 rings (SSSR count). The van der Waals surface area contributed by atoms with E-state index in [9.17, 15) is 4.39 Å². The Bertz CT molecular complexity index is 2760. The minimum Gasteiger partial charge on any atom is -0.309 e. The van der Waals surface area contributed by atoms with Crippen LogP contribution in [-0.2, 0) is 12.8 Å². The maximum Gasteiger partial charge on any atom is 0.122 e. The number of rotatable bonds is 10. The van der Waals surface area contributed by atoms with Gasteiger partial charge >= 0.3 is 0 Å². The van der Waals surface area contributed by atoms with Crippen LogP contribution in [0, 0.1) is 0 Å². The van der Waals surface area contributed by atoms with E-state index in [4.69, 9.17) is 0 Å². The van der Waals surface area contributed by atoms with Crippen molar-refractivity contribution in [2.45, 2.75) is 44.2 Å². The normalized spacial score (nSPS) is 15.7. The number of aromatic nitrogens is 1. The largest absolute Gasteiger partial charge is 0.309 e. The zero-order chi connectivity index (χ0) is 38.8. The van der Waals surface area contributed by atoms with Gasteiger partial charge in [-0.05, 0) is 117 Å². The van der Waals surface area contributed by atoms with Gasteiger partial charge in [-0.3, -0.25) is 0 Å². The molecule has 3 aliphatic rings. The summed E-state index contributed by atoms with van der Waals surface area (Å²) < 4.78 is 16.3. The first kappa shape index (κ1) is 36.1. The van der Waals surface area contributed by atoms with E-state index in [1.165, 1.54) is 78.3 Å². The summed E-state index contributed by atoms with van der Waals surface area (Å²) in [4.78, 5) is 0. The van der Waals surface area contributed by atoms with Gasteiger partial charge < -0.3 is 4.57 Å². The van der Waals surface area contributed by atoms with E-state index in [-0.39, 0.29) is 5.92 Å². The zero-order valence-corrected chi connectivity index (χ0v) is 33.2. The maximum atomic E-state index is 13.8. The first-order valence-electron chi connectivity index (χ1n) is 20.5. The first-order valence-corrected chi connectivity index (χ1v) is 21.4. The molecule has 6 aromatic carbocycles. The third-order valence-electron chi connectivity index (χ3n) is 12.0. The van der Waals surface area contributed by atoms with Crippen molar-refractivity contribution in [2.75, 3.05) is 0 Å². The van der Waals surface area contributed by atoms with Crippen molar-refractivity contribution in [1.82, 2.24) is 4.57 Å². The summed E-state index contributed by atoms with van der Waals surface area (Å²) in [5, 5.41) is 4.60. The summed E-state index contributed by atoms with van der Waals surface area (Å²) in [6, 6.07) is 55.7. The molecule has 282 valence electrons. The molecule has 0 bridgehead atoms. The average Bonchev–Trinajstić information content (AvgIpc) is 3.89. The second-order valence-electron chi connectivity index (χ2n) is 15.6. The fourth-order valence-corrected chi connectivity index (χ4v) is 9.69. The van der Waals surface area contributed by atoms with Crippen molar-refractivity contribution in [2.24, 2.45) is 0 Å². The van der Waals surface area contributed by atoms with E-state index >= 15 is 0 Å². The molecule has 0 fully saturated rings. The summed E-state index contributed by atoms with van der Waals surface area (Å²) in [5.74, 6) is 0.224. The van der Waals surface area contributed by atoms with Crippen LogP contribution in [0.5, 0.6) is 0 Å². The summed E-state index contributed by atoms with van der Waals surface area (Å²) in [6.45, 7) is 0. The molecule has 1 nitrogen and oxygen atoms in total. The minimum atomic E-state index is -0.887. The number of hydrogen-bond acceptors (Lipinski definition) is 0. The Morgan fingerprint density at radius 3 is 1.91 bits per heavy atom. The van der Waals surface area contributed by atoms with Gasteiger partial charge in [0.1, 0.15) is 6.17 Å². The number of aryl methyl sites for hydroxylation is 1. The van der Waals surface area contributed by atoms with Crippen LogP contribution in [0.2, 0.25) is 0 Å². The highest BCUT2D eigenvalue weighted by Gasteiger charge is 2.23. The molecule has 1 aromatic heterocycles. The molecular formula is C55H44FNS. The number of nitrogens with zero attached hydrogens (tertiary/aromatic N) is 1. The predicted octanol–water partition coefficient (Wildman–Crippen LogP) is 13.9. The van der Waals surface area contributed by atoms with E-state index in [0.29, 0.717) is 6.42 Å². The molecule has 2 atom stereocenters. The second-order valence-corrected chi connectivity index (χ2v) is 16.4. The van der Waals surface area contributed by atoms with Gasteiger partial charge in [-0.15, -0.1) is 10.9 Å². The Labute approximate surface area is 344 Å². The lowest BCUT2D eigenvalue weighted by atomic mass is 9.84. The van der Waals surface area contributed by atoms with E-state index < -0.39 is 6.17 Å². The number of fused-ring (bicyclic) bond motifs is 3. The van der Waals surface area contributed by atoms with Crippen LogP contribution in [0.25, 0.3) is 50.7 Å². The molecule has 0 saturated heterocycles. The summed E-state index contributed by atoms with van der Waals surface area (Å²) in [5.41, 5.74) is 20.2. The van der Waals surface area contributed by atoms with Crippen molar-refractivity contribution in [3.8, 4) is 39.1 Å². The van der Waals surface area contributed by atoms with Crippen LogP contribution in [-0.4, -0.2) is 21.5 Å². The Balaban J connectivity index is 0.896. The Morgan fingerprint density at radius 1 is 0.603 bits per heavy atom. The molecule has 0 saturated carbocycles. The van der Waals surface area contributed by atoms with Crippen LogP contribution in [0.1, 0.15) is 69.9 Å². The van der Waals surface area contributed by atoms with Crippen LogP contribution < -0.4 is 0 Å². The highest BCUT2D eigenvalue weighted by atomic mass is 32.1. The van der Waals surface area contributed by atoms with Crippen molar-refractivity contribution >= 4 is 33.3 Å². The van der Waals surface area contributed by atoms with Gasteiger partial charge in [0.15, 0.2) is 0 Å². The van der Waals surface area contributed by atoms with Gasteiger partial charge in [-0.2, -0.15) is 0 Å². The molecule has 3 heteroatoms. The van der Waals surface area contributed by atoms with Crippen LogP contribution in [0.3, 0.4) is 0 Å². The number of hydrogen-bond donors (Lipinski definition) is 0. The zero-order valence-electron chi connectivity index (χ0n) is 32.4. The smallest absolute Gasteiger partial charge is 0.122 e. The molecule has 1 unspecified atom stereocenters. The van der Waals surface area contributed by atoms with Crippen molar-refractivity contribution in [1.29, 1.82) is 0 Å². The van der Waals surface area contributed by atoms with Crippen molar-refractivity contribution in [3.05, 3.63) is 221 Å². The van der Waals surface area contributed by atoms with E-state index in [1.807, 2.05) is 12.2 Å². The fraction of sp³-hybridized carbons (Fsp3) is 0.127. The molecule has 7 aromatic rings. The van der Waals surface area contributed by atoms with Crippen LogP contribution in [0.4, 0.5) is 4.39 Å². The number of benzene rings is 6. The topological polar surface area (TPSA) is 4.93 Å². The minimum absolute atomic E-state index is 0.224. The molecule has 58 heavy (non-hydrogen) atoms. The standard InChI is InChI=1S/C55H44FNS/c56-49-32-30-44(31-33-49)43-24-28-47(29-25-43)51(46-26-22-42(23-27-46)41-20-18-40(19-21-41)39-7-2-1-3-8-39)34-15-38-13-16-45(17-14-38)48-9-6-10-50(35-48)57-54-12-5-4-11-52(54)53-36-58-37-55(53)57/h1-3,5-10,12-14,16-32,35-37,49,51H,4,11,15,33-34H2/t49?,51-/m1/s1. The molecule has 1 aliphatic heterocycles. The van der Waals surface area contributed by atoms with Gasteiger partial charge in [0, 0.05) is 40.0 Å². The fourth-order valence-electron chi connectivity index (χ4n) is 8.87.